The van der Waals surface area contributed by atoms with Gasteiger partial charge < -0.3 is 25.1 Å². The molecule has 1 unspecified atom stereocenters. The van der Waals surface area contributed by atoms with Gasteiger partial charge in [-0.15, -0.1) is 10.1 Å². The molecule has 0 aromatic heterocycles. The van der Waals surface area contributed by atoms with Crippen LogP contribution in [0.5, 0.6) is 0 Å². The monoisotopic (exact) mass is 336 g/mol. The fraction of sp³-hybridized carbons (Fsp3) is 0.750. The average molecular weight is 336 g/mol. The highest BCUT2D eigenvalue weighted by Crippen LogP contribution is 2.02. The van der Waals surface area contributed by atoms with Crippen molar-refractivity contribution in [1.82, 2.24) is 5.32 Å². The highest BCUT2D eigenvalue weighted by Gasteiger charge is 2.21. The van der Waals surface area contributed by atoms with Gasteiger partial charge in [0.2, 0.25) is 0 Å². The number of hydrogen-bond acceptors (Lipinski definition) is 7. The van der Waals surface area contributed by atoms with Crippen LogP contribution in [0.2, 0.25) is 0 Å². The predicted molar refractivity (Wildman–Crippen MR) is 74.2 cm³/mol. The first-order chi connectivity index (χ1) is 10.8. The standard InChI is InChI=1S/C12H20N2O9/c15-10(16)6-5-9(11(17)18)13-12(19)22-7-3-1-2-4-8-23-14(20)21/h9H,1-8H2,(H,13,19)(H,15,16)(H,17,18). The minimum Gasteiger partial charge on any atom is -0.481 e. The lowest BCUT2D eigenvalue weighted by Gasteiger charge is -2.13. The van der Waals surface area contributed by atoms with E-state index in [1.165, 1.54) is 0 Å². The van der Waals surface area contributed by atoms with Crippen molar-refractivity contribution in [3.05, 3.63) is 10.1 Å². The fourth-order valence-corrected chi connectivity index (χ4v) is 1.57. The average Bonchev–Trinajstić information content (AvgIpc) is 2.45. The number of aliphatic carboxylic acids is 2. The van der Waals surface area contributed by atoms with Gasteiger partial charge >= 0.3 is 18.0 Å². The molecule has 0 saturated heterocycles. The lowest BCUT2D eigenvalue weighted by molar-refractivity contribution is -0.757. The Bertz CT molecular complexity index is 413. The second-order valence-corrected chi connectivity index (χ2v) is 4.57. The summed E-state index contributed by atoms with van der Waals surface area (Å²) in [6.07, 6.45) is 0.784. The molecule has 0 radical (unpaired) electrons. The number of carboxylic acids is 2. The Labute approximate surface area is 131 Å². The third-order valence-corrected chi connectivity index (χ3v) is 2.71. The Hall–Kier alpha value is -2.59. The Morgan fingerprint density at radius 2 is 1.70 bits per heavy atom. The molecule has 23 heavy (non-hydrogen) atoms. The fourth-order valence-electron chi connectivity index (χ4n) is 1.57. The normalized spacial score (nSPS) is 11.3. The first kappa shape index (κ1) is 20.4. The number of hydrogen-bond donors (Lipinski definition) is 3. The van der Waals surface area contributed by atoms with Crippen molar-refractivity contribution in [2.75, 3.05) is 13.2 Å². The summed E-state index contributed by atoms with van der Waals surface area (Å²) < 4.78 is 4.77. The van der Waals surface area contributed by atoms with Crippen LogP contribution in [0.3, 0.4) is 0 Å². The summed E-state index contributed by atoms with van der Waals surface area (Å²) in [5.41, 5.74) is 0. The molecular formula is C12H20N2O9. The van der Waals surface area contributed by atoms with Crippen LogP contribution in [0.25, 0.3) is 0 Å². The lowest BCUT2D eigenvalue weighted by Crippen LogP contribution is -2.41. The van der Waals surface area contributed by atoms with E-state index in [2.05, 4.69) is 10.2 Å². The van der Waals surface area contributed by atoms with Gasteiger partial charge in [0, 0.05) is 6.42 Å². The van der Waals surface area contributed by atoms with E-state index in [1.807, 2.05) is 0 Å². The molecule has 0 aromatic carbocycles. The van der Waals surface area contributed by atoms with Crippen LogP contribution in [-0.4, -0.2) is 52.6 Å². The SMILES string of the molecule is O=C(O)CCC(NC(=O)OCCCCCCO[N+](=O)[O-])C(=O)O. The molecule has 0 aliphatic heterocycles. The highest BCUT2D eigenvalue weighted by molar-refractivity contribution is 5.80. The van der Waals surface area contributed by atoms with Crippen LogP contribution in [0.1, 0.15) is 38.5 Å². The summed E-state index contributed by atoms with van der Waals surface area (Å²) in [5.74, 6) is -2.50. The Balaban J connectivity index is 3.73. The van der Waals surface area contributed by atoms with Gasteiger partial charge in [-0.2, -0.15) is 0 Å². The van der Waals surface area contributed by atoms with Gasteiger partial charge in [0.15, 0.2) is 0 Å². The van der Waals surface area contributed by atoms with E-state index < -0.39 is 29.2 Å². The van der Waals surface area contributed by atoms with Gasteiger partial charge in [-0.1, -0.05) is 6.42 Å². The number of carboxylic acid groups (broad SMARTS) is 2. The second kappa shape index (κ2) is 12.0. The number of carbonyl (C=O) groups is 3. The Morgan fingerprint density at radius 1 is 1.09 bits per heavy atom. The summed E-state index contributed by atoms with van der Waals surface area (Å²) in [6, 6.07) is -1.32. The summed E-state index contributed by atoms with van der Waals surface area (Å²) in [7, 11) is 0. The molecule has 11 heteroatoms. The third kappa shape index (κ3) is 12.8. The van der Waals surface area contributed by atoms with Crippen LogP contribution < -0.4 is 5.32 Å². The maximum atomic E-state index is 11.4. The molecule has 0 aliphatic carbocycles. The van der Waals surface area contributed by atoms with E-state index in [0.29, 0.717) is 25.7 Å². The zero-order chi connectivity index (χ0) is 17.7. The molecule has 1 atom stereocenters. The molecule has 0 bridgehead atoms. The van der Waals surface area contributed by atoms with Crippen LogP contribution in [0.4, 0.5) is 4.79 Å². The van der Waals surface area contributed by atoms with Gasteiger partial charge in [0.25, 0.3) is 5.09 Å². The number of rotatable bonds is 13. The number of carbonyl (C=O) groups excluding carboxylic acids is 1. The molecule has 3 N–H and O–H groups in total. The molecule has 0 aromatic rings. The van der Waals surface area contributed by atoms with Crippen molar-refractivity contribution >= 4 is 18.0 Å². The van der Waals surface area contributed by atoms with E-state index in [1.54, 1.807) is 0 Å². The zero-order valence-electron chi connectivity index (χ0n) is 12.4. The van der Waals surface area contributed by atoms with E-state index in [4.69, 9.17) is 14.9 Å². The first-order valence-electron chi connectivity index (χ1n) is 6.98. The number of ether oxygens (including phenoxy) is 1. The maximum absolute atomic E-state index is 11.4. The molecule has 0 spiro atoms. The van der Waals surface area contributed by atoms with Crippen molar-refractivity contribution in [2.24, 2.45) is 0 Å². The van der Waals surface area contributed by atoms with E-state index in [0.717, 1.165) is 0 Å². The molecule has 0 aliphatic rings. The first-order valence-corrected chi connectivity index (χ1v) is 6.98. The largest absolute Gasteiger partial charge is 0.481 e. The van der Waals surface area contributed by atoms with Crippen molar-refractivity contribution in [1.29, 1.82) is 0 Å². The Kier molecular flexibility index (Phi) is 10.7. The molecule has 132 valence electrons. The van der Waals surface area contributed by atoms with Crippen LogP contribution in [-0.2, 0) is 19.2 Å². The zero-order valence-corrected chi connectivity index (χ0v) is 12.4. The third-order valence-electron chi connectivity index (χ3n) is 2.71. The quantitative estimate of drug-likeness (QED) is 0.250. The molecule has 0 rings (SSSR count). The van der Waals surface area contributed by atoms with Crippen LogP contribution >= 0.6 is 0 Å². The van der Waals surface area contributed by atoms with Crippen molar-refractivity contribution in [3.8, 4) is 0 Å². The number of alkyl carbamates (subject to hydrolysis) is 1. The van der Waals surface area contributed by atoms with Crippen molar-refractivity contribution < 1.29 is 39.3 Å². The maximum Gasteiger partial charge on any atom is 0.407 e. The van der Waals surface area contributed by atoms with Gasteiger partial charge in [-0.25, -0.2) is 9.59 Å². The van der Waals surface area contributed by atoms with Crippen LogP contribution in [0, 0.1) is 10.1 Å². The highest BCUT2D eigenvalue weighted by atomic mass is 16.9. The van der Waals surface area contributed by atoms with Gasteiger partial charge in [0.1, 0.15) is 6.04 Å². The summed E-state index contributed by atoms with van der Waals surface area (Å²) >= 11 is 0. The molecule has 11 nitrogen and oxygen atoms in total. The van der Waals surface area contributed by atoms with E-state index in [9.17, 15) is 24.5 Å². The molecule has 0 saturated carbocycles. The van der Waals surface area contributed by atoms with Crippen molar-refractivity contribution in [2.45, 2.75) is 44.6 Å². The van der Waals surface area contributed by atoms with Gasteiger partial charge in [-0.3, -0.25) is 4.79 Å². The molecule has 1 amide bonds. The number of unbranched alkanes of at least 4 members (excludes halogenated alkanes) is 3. The lowest BCUT2D eigenvalue weighted by atomic mass is 10.1. The summed E-state index contributed by atoms with van der Waals surface area (Å²) in [5, 5.41) is 28.4. The number of nitrogens with one attached hydrogen (secondary N) is 1. The molecule has 0 fully saturated rings. The number of nitrogens with zero attached hydrogens (tertiary/aromatic N) is 1. The van der Waals surface area contributed by atoms with E-state index in [-0.39, 0.29) is 26.1 Å². The van der Waals surface area contributed by atoms with Gasteiger partial charge in [0.05, 0.1) is 13.2 Å². The smallest absolute Gasteiger partial charge is 0.407 e. The molecule has 0 heterocycles. The predicted octanol–water partition coefficient (Wildman–Crippen LogP) is 0.799. The minimum atomic E-state index is -1.34. The summed E-state index contributed by atoms with van der Waals surface area (Å²) in [4.78, 5) is 46.6. The van der Waals surface area contributed by atoms with Crippen molar-refractivity contribution in [3.63, 3.8) is 0 Å². The molecular weight excluding hydrogens is 316 g/mol. The topological polar surface area (TPSA) is 165 Å². The second-order valence-electron chi connectivity index (χ2n) is 4.57. The Morgan fingerprint density at radius 3 is 2.22 bits per heavy atom. The minimum absolute atomic E-state index is 0.0121. The summed E-state index contributed by atoms with van der Waals surface area (Å²) in [6.45, 7) is 0.0748. The van der Waals surface area contributed by atoms with Gasteiger partial charge in [-0.05, 0) is 25.7 Å². The van der Waals surface area contributed by atoms with E-state index >= 15 is 0 Å². The number of amides is 1. The van der Waals surface area contributed by atoms with Crippen LogP contribution in [0.15, 0.2) is 0 Å².